The molecule has 0 saturated heterocycles. The summed E-state index contributed by atoms with van der Waals surface area (Å²) in [6.07, 6.45) is 1.69. The fourth-order valence-electron chi connectivity index (χ4n) is 2.43. The number of hydrogen-bond donors (Lipinski definition) is 1. The zero-order valence-corrected chi connectivity index (χ0v) is 15.5. The second-order valence-electron chi connectivity index (χ2n) is 5.03. The van der Waals surface area contributed by atoms with E-state index in [1.54, 1.807) is 0 Å². The molecule has 0 aliphatic carbocycles. The van der Waals surface area contributed by atoms with Gasteiger partial charge in [-0.15, -0.1) is 0 Å². The first-order chi connectivity index (χ1) is 10.1. The van der Waals surface area contributed by atoms with Crippen LogP contribution >= 0.6 is 31.9 Å². The molecule has 1 aromatic heterocycles. The number of aliphatic hydroxyl groups excluding tert-OH is 1. The molecule has 114 valence electrons. The van der Waals surface area contributed by atoms with E-state index in [-0.39, 0.29) is 0 Å². The highest BCUT2D eigenvalue weighted by atomic mass is 79.9. The van der Waals surface area contributed by atoms with Gasteiger partial charge in [0.2, 0.25) is 0 Å². The maximum atomic E-state index is 10.4. The highest BCUT2D eigenvalue weighted by Crippen LogP contribution is 2.25. The summed E-state index contributed by atoms with van der Waals surface area (Å²) in [5, 5.41) is 15.0. The Kier molecular flexibility index (Phi) is 6.02. The van der Waals surface area contributed by atoms with Gasteiger partial charge in [0.25, 0.3) is 0 Å². The van der Waals surface area contributed by atoms with Crippen LogP contribution in [-0.2, 0) is 25.8 Å². The van der Waals surface area contributed by atoms with Gasteiger partial charge in [-0.05, 0) is 47.3 Å². The second-order valence-corrected chi connectivity index (χ2v) is 6.68. The molecule has 0 amide bonds. The predicted octanol–water partition coefficient (Wildman–Crippen LogP) is 4.14. The maximum Gasteiger partial charge on any atom is 0.0766 e. The minimum absolute atomic E-state index is 0.424. The van der Waals surface area contributed by atoms with Crippen LogP contribution in [0.15, 0.2) is 33.2 Å². The van der Waals surface area contributed by atoms with Gasteiger partial charge in [-0.3, -0.25) is 4.68 Å². The van der Waals surface area contributed by atoms with Crippen molar-refractivity contribution in [2.24, 2.45) is 0 Å². The van der Waals surface area contributed by atoms with E-state index >= 15 is 0 Å². The molecule has 0 fully saturated rings. The topological polar surface area (TPSA) is 38.0 Å². The van der Waals surface area contributed by atoms with Crippen LogP contribution in [0.4, 0.5) is 0 Å². The Morgan fingerprint density at radius 2 is 1.90 bits per heavy atom. The van der Waals surface area contributed by atoms with Crippen molar-refractivity contribution in [2.75, 3.05) is 0 Å². The molecule has 1 N–H and O–H groups in total. The lowest BCUT2D eigenvalue weighted by Gasteiger charge is -2.13. The van der Waals surface area contributed by atoms with Crippen molar-refractivity contribution >= 4 is 31.9 Å². The van der Waals surface area contributed by atoms with Crippen molar-refractivity contribution in [2.45, 2.75) is 45.8 Å². The number of hydrogen-bond acceptors (Lipinski definition) is 2. The Morgan fingerprint density at radius 3 is 2.52 bits per heavy atom. The molecule has 0 spiro atoms. The zero-order chi connectivity index (χ0) is 15.4. The zero-order valence-electron chi connectivity index (χ0n) is 12.3. The molecule has 0 saturated carbocycles. The highest BCUT2D eigenvalue weighted by Gasteiger charge is 2.18. The van der Waals surface area contributed by atoms with E-state index in [9.17, 15) is 5.11 Å². The smallest absolute Gasteiger partial charge is 0.0766 e. The van der Waals surface area contributed by atoms with Crippen molar-refractivity contribution in [1.82, 2.24) is 9.78 Å². The number of nitrogens with zero attached hydrogens (tertiary/aromatic N) is 2. The number of halogens is 2. The third kappa shape index (κ3) is 3.96. The van der Waals surface area contributed by atoms with Crippen LogP contribution in [0.2, 0.25) is 0 Å². The largest absolute Gasteiger partial charge is 0.392 e. The quantitative estimate of drug-likeness (QED) is 0.769. The van der Waals surface area contributed by atoms with Crippen LogP contribution < -0.4 is 0 Å². The van der Waals surface area contributed by atoms with Gasteiger partial charge in [0.05, 0.1) is 22.0 Å². The molecule has 1 atom stereocenters. The van der Waals surface area contributed by atoms with Gasteiger partial charge in [-0.25, -0.2) is 0 Å². The predicted molar refractivity (Wildman–Crippen MR) is 92.5 cm³/mol. The van der Waals surface area contributed by atoms with E-state index in [0.29, 0.717) is 12.8 Å². The summed E-state index contributed by atoms with van der Waals surface area (Å²) in [5.41, 5.74) is 3.26. The molecule has 0 bridgehead atoms. The number of rotatable bonds is 6. The Balaban J connectivity index is 2.14. The van der Waals surface area contributed by atoms with Gasteiger partial charge in [0.1, 0.15) is 0 Å². The van der Waals surface area contributed by atoms with Gasteiger partial charge in [-0.2, -0.15) is 5.10 Å². The molecule has 21 heavy (non-hydrogen) atoms. The number of aliphatic hydroxyl groups is 1. The van der Waals surface area contributed by atoms with Gasteiger partial charge in [-0.1, -0.05) is 41.1 Å². The Labute approximate surface area is 142 Å². The number of aromatic nitrogens is 2. The first kappa shape index (κ1) is 16.7. The minimum Gasteiger partial charge on any atom is -0.392 e. The second kappa shape index (κ2) is 7.56. The van der Waals surface area contributed by atoms with Gasteiger partial charge in [0.15, 0.2) is 0 Å². The third-order valence-corrected chi connectivity index (χ3v) is 5.23. The average Bonchev–Trinajstić information content (AvgIpc) is 2.77. The van der Waals surface area contributed by atoms with Crippen molar-refractivity contribution in [1.29, 1.82) is 0 Å². The van der Waals surface area contributed by atoms with E-state index in [1.807, 2.05) is 28.9 Å². The SMILES string of the molecule is CCc1nn(CC)c(CC(O)Cc2ccccc2Br)c1Br. The summed E-state index contributed by atoms with van der Waals surface area (Å²) in [7, 11) is 0. The fraction of sp³-hybridized carbons (Fsp3) is 0.438. The van der Waals surface area contributed by atoms with E-state index in [4.69, 9.17) is 0 Å². The van der Waals surface area contributed by atoms with Crippen LogP contribution in [0.3, 0.4) is 0 Å². The van der Waals surface area contributed by atoms with E-state index in [1.165, 1.54) is 0 Å². The van der Waals surface area contributed by atoms with Gasteiger partial charge in [0, 0.05) is 17.4 Å². The molecule has 2 aromatic rings. The van der Waals surface area contributed by atoms with Gasteiger partial charge >= 0.3 is 0 Å². The molecule has 3 nitrogen and oxygen atoms in total. The molecular formula is C16H20Br2N2O. The first-order valence-corrected chi connectivity index (χ1v) is 8.80. The maximum absolute atomic E-state index is 10.4. The van der Waals surface area contributed by atoms with E-state index in [0.717, 1.165) is 38.9 Å². The molecular weight excluding hydrogens is 396 g/mol. The summed E-state index contributed by atoms with van der Waals surface area (Å²) in [6.45, 7) is 4.98. The molecule has 0 aliphatic heterocycles. The Morgan fingerprint density at radius 1 is 1.19 bits per heavy atom. The Hall–Kier alpha value is -0.650. The van der Waals surface area contributed by atoms with Crippen molar-refractivity contribution in [3.63, 3.8) is 0 Å². The lowest BCUT2D eigenvalue weighted by atomic mass is 10.0. The molecule has 1 unspecified atom stereocenters. The summed E-state index contributed by atoms with van der Waals surface area (Å²) in [6, 6.07) is 8.02. The lowest BCUT2D eigenvalue weighted by Crippen LogP contribution is -2.17. The summed E-state index contributed by atoms with van der Waals surface area (Å²) < 4.78 is 4.06. The minimum atomic E-state index is -0.424. The molecule has 5 heteroatoms. The van der Waals surface area contributed by atoms with E-state index < -0.39 is 6.10 Å². The van der Waals surface area contributed by atoms with Crippen LogP contribution in [0.5, 0.6) is 0 Å². The average molecular weight is 416 g/mol. The lowest BCUT2D eigenvalue weighted by molar-refractivity contribution is 0.172. The van der Waals surface area contributed by atoms with Crippen LogP contribution in [0, 0.1) is 0 Å². The molecule has 0 aliphatic rings. The number of aryl methyl sites for hydroxylation is 2. The summed E-state index contributed by atoms with van der Waals surface area (Å²) >= 11 is 7.16. The Bertz CT molecular complexity index is 610. The fourth-order valence-corrected chi connectivity index (χ4v) is 3.60. The normalized spacial score (nSPS) is 12.6. The van der Waals surface area contributed by atoms with Crippen molar-refractivity contribution < 1.29 is 5.11 Å². The van der Waals surface area contributed by atoms with Crippen molar-refractivity contribution in [3.05, 3.63) is 50.2 Å². The van der Waals surface area contributed by atoms with Crippen molar-refractivity contribution in [3.8, 4) is 0 Å². The summed E-state index contributed by atoms with van der Waals surface area (Å²) in [4.78, 5) is 0. The van der Waals surface area contributed by atoms with Crippen LogP contribution in [0.25, 0.3) is 0 Å². The first-order valence-electron chi connectivity index (χ1n) is 7.22. The molecule has 0 radical (unpaired) electrons. The molecule has 1 heterocycles. The highest BCUT2D eigenvalue weighted by molar-refractivity contribution is 9.10. The standard InChI is InChI=1S/C16H20Br2N2O/c1-3-14-16(18)15(20(4-2)19-14)10-12(21)9-11-7-5-6-8-13(11)17/h5-8,12,21H,3-4,9-10H2,1-2H3. The van der Waals surface area contributed by atoms with E-state index in [2.05, 4.69) is 50.8 Å². The third-order valence-electron chi connectivity index (χ3n) is 3.54. The van der Waals surface area contributed by atoms with Crippen LogP contribution in [-0.4, -0.2) is 21.0 Å². The molecule has 1 aromatic carbocycles. The van der Waals surface area contributed by atoms with Crippen LogP contribution in [0.1, 0.15) is 30.8 Å². The monoisotopic (exact) mass is 414 g/mol. The number of benzene rings is 1. The molecule has 2 rings (SSSR count). The summed E-state index contributed by atoms with van der Waals surface area (Å²) in [5.74, 6) is 0. The van der Waals surface area contributed by atoms with Gasteiger partial charge < -0.3 is 5.11 Å².